The minimum Gasteiger partial charge on any atom is -0.359 e. The van der Waals surface area contributed by atoms with Crippen LogP contribution in [-0.4, -0.2) is 29.6 Å². The molecular weight excluding hydrogens is 138 g/mol. The van der Waals surface area contributed by atoms with Crippen LogP contribution >= 0.6 is 0 Å². The van der Waals surface area contributed by atoms with Gasteiger partial charge in [-0.1, -0.05) is 0 Å². The van der Waals surface area contributed by atoms with Gasteiger partial charge in [0.2, 0.25) is 0 Å². The smallest absolute Gasteiger partial charge is 0.110 e. The van der Waals surface area contributed by atoms with Crippen molar-refractivity contribution in [2.75, 3.05) is 7.05 Å². The van der Waals surface area contributed by atoms with E-state index in [1.165, 1.54) is 0 Å². The summed E-state index contributed by atoms with van der Waals surface area (Å²) < 4.78 is 0. The Morgan fingerprint density at radius 2 is 1.82 bits per heavy atom. The third kappa shape index (κ3) is 1.38. The molecule has 3 heteroatoms. The van der Waals surface area contributed by atoms with Gasteiger partial charge in [0.1, 0.15) is 5.66 Å². The van der Waals surface area contributed by atoms with Crippen LogP contribution in [0.2, 0.25) is 0 Å². The van der Waals surface area contributed by atoms with Gasteiger partial charge in [-0.05, 0) is 34.7 Å². The average molecular weight is 155 g/mol. The van der Waals surface area contributed by atoms with E-state index in [0.717, 1.165) is 0 Å². The van der Waals surface area contributed by atoms with Gasteiger partial charge in [0.15, 0.2) is 0 Å². The van der Waals surface area contributed by atoms with E-state index in [0.29, 0.717) is 0 Å². The van der Waals surface area contributed by atoms with Gasteiger partial charge < -0.3 is 5.32 Å². The SMILES string of the molecule is CN1C(C)(C)N=CNC1(C)C. The molecule has 0 amide bonds. The van der Waals surface area contributed by atoms with Crippen LogP contribution in [0.15, 0.2) is 4.99 Å². The highest BCUT2D eigenvalue weighted by Gasteiger charge is 2.36. The Kier molecular flexibility index (Phi) is 1.71. The van der Waals surface area contributed by atoms with Crippen LogP contribution < -0.4 is 5.32 Å². The van der Waals surface area contributed by atoms with Crippen molar-refractivity contribution in [3.05, 3.63) is 0 Å². The zero-order valence-corrected chi connectivity index (χ0v) is 7.97. The summed E-state index contributed by atoms with van der Waals surface area (Å²) in [4.78, 5) is 6.54. The fourth-order valence-corrected chi connectivity index (χ4v) is 1.22. The first-order valence-electron chi connectivity index (χ1n) is 3.91. The normalized spacial score (nSPS) is 28.1. The number of hydrogen-bond donors (Lipinski definition) is 1. The Morgan fingerprint density at radius 3 is 2.18 bits per heavy atom. The molecule has 0 bridgehead atoms. The molecule has 0 aromatic rings. The van der Waals surface area contributed by atoms with Crippen LogP contribution in [0.4, 0.5) is 0 Å². The largest absolute Gasteiger partial charge is 0.359 e. The van der Waals surface area contributed by atoms with E-state index >= 15 is 0 Å². The second-order valence-electron chi connectivity index (χ2n) is 4.01. The first-order valence-corrected chi connectivity index (χ1v) is 3.91. The van der Waals surface area contributed by atoms with Crippen molar-refractivity contribution in [3.63, 3.8) is 0 Å². The molecule has 0 atom stereocenters. The quantitative estimate of drug-likeness (QED) is 0.565. The van der Waals surface area contributed by atoms with Gasteiger partial charge >= 0.3 is 0 Å². The summed E-state index contributed by atoms with van der Waals surface area (Å²) in [5, 5.41) is 3.20. The second-order valence-corrected chi connectivity index (χ2v) is 4.01. The highest BCUT2D eigenvalue weighted by molar-refractivity contribution is 5.57. The van der Waals surface area contributed by atoms with E-state index in [2.05, 4.69) is 50.0 Å². The monoisotopic (exact) mass is 155 g/mol. The average Bonchev–Trinajstić information content (AvgIpc) is 1.82. The Labute approximate surface area is 68.5 Å². The van der Waals surface area contributed by atoms with E-state index in [4.69, 9.17) is 0 Å². The zero-order valence-electron chi connectivity index (χ0n) is 7.97. The van der Waals surface area contributed by atoms with Gasteiger partial charge in [-0.15, -0.1) is 0 Å². The number of aliphatic imine (C=N–C) groups is 1. The molecule has 1 heterocycles. The summed E-state index contributed by atoms with van der Waals surface area (Å²) >= 11 is 0. The predicted molar refractivity (Wildman–Crippen MR) is 47.5 cm³/mol. The fourth-order valence-electron chi connectivity index (χ4n) is 1.22. The van der Waals surface area contributed by atoms with Crippen molar-refractivity contribution in [2.24, 2.45) is 4.99 Å². The zero-order chi connectivity index (χ0) is 8.70. The third-order valence-corrected chi connectivity index (χ3v) is 2.46. The van der Waals surface area contributed by atoms with Gasteiger partial charge in [0, 0.05) is 0 Å². The molecule has 0 saturated heterocycles. The molecule has 1 rings (SSSR count). The van der Waals surface area contributed by atoms with Crippen LogP contribution in [0.5, 0.6) is 0 Å². The standard InChI is InChI=1S/C8H17N3/c1-7(2)9-6-10-8(3,4)11(7)5/h6H,1-5H3,(H,9,10). The van der Waals surface area contributed by atoms with Crippen LogP contribution in [-0.2, 0) is 0 Å². The molecule has 0 fully saturated rings. The number of nitrogens with zero attached hydrogens (tertiary/aromatic N) is 2. The topological polar surface area (TPSA) is 27.6 Å². The highest BCUT2D eigenvalue weighted by Crippen LogP contribution is 2.24. The second kappa shape index (κ2) is 2.21. The molecule has 1 N–H and O–H groups in total. The lowest BCUT2D eigenvalue weighted by molar-refractivity contribution is 0.0297. The van der Waals surface area contributed by atoms with Gasteiger partial charge in [0.05, 0.1) is 12.0 Å². The lowest BCUT2D eigenvalue weighted by Gasteiger charge is -2.47. The first kappa shape index (κ1) is 8.53. The number of hydrogen-bond acceptors (Lipinski definition) is 3. The molecular formula is C8H17N3. The highest BCUT2D eigenvalue weighted by atomic mass is 15.4. The van der Waals surface area contributed by atoms with Crippen LogP contribution in [0.25, 0.3) is 0 Å². The van der Waals surface area contributed by atoms with Crippen molar-refractivity contribution >= 4 is 6.34 Å². The minimum absolute atomic E-state index is 0.00521. The summed E-state index contributed by atoms with van der Waals surface area (Å²) in [7, 11) is 2.07. The summed E-state index contributed by atoms with van der Waals surface area (Å²) in [6.07, 6.45) is 1.79. The lowest BCUT2D eigenvalue weighted by Crippen LogP contribution is -2.62. The summed E-state index contributed by atoms with van der Waals surface area (Å²) in [5.74, 6) is 0. The molecule has 0 aromatic heterocycles. The molecule has 0 radical (unpaired) electrons. The Morgan fingerprint density at radius 1 is 1.27 bits per heavy atom. The van der Waals surface area contributed by atoms with Crippen molar-refractivity contribution < 1.29 is 0 Å². The molecule has 64 valence electrons. The fraction of sp³-hybridized carbons (Fsp3) is 0.875. The Hall–Kier alpha value is -0.570. The van der Waals surface area contributed by atoms with E-state index < -0.39 is 0 Å². The van der Waals surface area contributed by atoms with E-state index in [-0.39, 0.29) is 11.3 Å². The molecule has 1 aliphatic heterocycles. The third-order valence-electron chi connectivity index (χ3n) is 2.46. The minimum atomic E-state index is -0.0885. The maximum atomic E-state index is 4.33. The molecule has 3 nitrogen and oxygen atoms in total. The van der Waals surface area contributed by atoms with E-state index in [9.17, 15) is 0 Å². The predicted octanol–water partition coefficient (Wildman–Crippen LogP) is 1.02. The van der Waals surface area contributed by atoms with Gasteiger partial charge in [0.25, 0.3) is 0 Å². The van der Waals surface area contributed by atoms with Gasteiger partial charge in [-0.2, -0.15) is 0 Å². The molecule has 0 spiro atoms. The maximum Gasteiger partial charge on any atom is 0.110 e. The summed E-state index contributed by atoms with van der Waals surface area (Å²) in [6, 6.07) is 0. The number of rotatable bonds is 0. The Balaban J connectivity index is 2.91. The van der Waals surface area contributed by atoms with E-state index in [1.54, 1.807) is 6.34 Å². The molecule has 0 unspecified atom stereocenters. The van der Waals surface area contributed by atoms with Crippen molar-refractivity contribution in [1.82, 2.24) is 10.2 Å². The van der Waals surface area contributed by atoms with Crippen LogP contribution in [0.1, 0.15) is 27.7 Å². The molecule has 0 aliphatic carbocycles. The molecule has 0 aromatic carbocycles. The lowest BCUT2D eigenvalue weighted by atomic mass is 10.1. The van der Waals surface area contributed by atoms with Crippen molar-refractivity contribution in [1.29, 1.82) is 0 Å². The first-order chi connectivity index (χ1) is 4.86. The van der Waals surface area contributed by atoms with Gasteiger partial charge in [-0.3, -0.25) is 9.89 Å². The molecule has 1 aliphatic rings. The summed E-state index contributed by atoms with van der Waals surface area (Å²) in [5.41, 5.74) is -0.0833. The molecule has 0 saturated carbocycles. The summed E-state index contributed by atoms with van der Waals surface area (Å²) in [6.45, 7) is 8.48. The van der Waals surface area contributed by atoms with Crippen molar-refractivity contribution in [2.45, 2.75) is 39.0 Å². The number of nitrogens with one attached hydrogen (secondary N) is 1. The molecule has 11 heavy (non-hydrogen) atoms. The van der Waals surface area contributed by atoms with Crippen LogP contribution in [0.3, 0.4) is 0 Å². The van der Waals surface area contributed by atoms with E-state index in [1.807, 2.05) is 0 Å². The maximum absolute atomic E-state index is 4.33. The van der Waals surface area contributed by atoms with Crippen LogP contribution in [0, 0.1) is 0 Å². The Bertz CT molecular complexity index is 182. The van der Waals surface area contributed by atoms with Crippen molar-refractivity contribution in [3.8, 4) is 0 Å². The van der Waals surface area contributed by atoms with Gasteiger partial charge in [-0.25, -0.2) is 0 Å².